The van der Waals surface area contributed by atoms with Crippen LogP contribution in [0.5, 0.6) is 0 Å². The summed E-state index contributed by atoms with van der Waals surface area (Å²) in [6.07, 6.45) is 9.46. The third kappa shape index (κ3) is 4.75. The van der Waals surface area contributed by atoms with Crippen molar-refractivity contribution in [2.45, 2.75) is 89.8 Å². The lowest BCUT2D eigenvalue weighted by atomic mass is 9.87. The third-order valence-corrected chi connectivity index (χ3v) is 6.44. The first-order chi connectivity index (χ1) is 12.1. The maximum Gasteiger partial charge on any atom is 0.224 e. The van der Waals surface area contributed by atoms with Crippen LogP contribution in [0.25, 0.3) is 0 Å². The van der Waals surface area contributed by atoms with Crippen LogP contribution < -0.4 is 10.6 Å². The Labute approximate surface area is 152 Å². The van der Waals surface area contributed by atoms with Crippen LogP contribution in [-0.4, -0.2) is 47.9 Å². The average molecular weight is 350 g/mol. The molecular formula is C20H35N3O2. The van der Waals surface area contributed by atoms with Crippen LogP contribution >= 0.6 is 0 Å². The topological polar surface area (TPSA) is 61.4 Å². The fourth-order valence-corrected chi connectivity index (χ4v) is 4.91. The molecule has 3 aliphatic heterocycles. The summed E-state index contributed by atoms with van der Waals surface area (Å²) < 4.78 is 0. The van der Waals surface area contributed by atoms with Crippen molar-refractivity contribution in [3.63, 3.8) is 0 Å². The van der Waals surface area contributed by atoms with Gasteiger partial charge >= 0.3 is 0 Å². The molecule has 0 saturated carbocycles. The second-order valence-corrected chi connectivity index (χ2v) is 8.49. The van der Waals surface area contributed by atoms with Crippen molar-refractivity contribution in [2.75, 3.05) is 13.1 Å². The Balaban J connectivity index is 1.50. The Kier molecular flexibility index (Phi) is 6.37. The first-order valence-corrected chi connectivity index (χ1v) is 10.4. The van der Waals surface area contributed by atoms with Gasteiger partial charge in [0.05, 0.1) is 5.92 Å². The largest absolute Gasteiger partial charge is 0.356 e. The van der Waals surface area contributed by atoms with Gasteiger partial charge in [-0.25, -0.2) is 0 Å². The van der Waals surface area contributed by atoms with Crippen LogP contribution in [-0.2, 0) is 9.59 Å². The molecule has 25 heavy (non-hydrogen) atoms. The van der Waals surface area contributed by atoms with E-state index in [1.165, 1.54) is 12.8 Å². The lowest BCUT2D eigenvalue weighted by Crippen LogP contribution is -2.50. The van der Waals surface area contributed by atoms with E-state index < -0.39 is 0 Å². The highest BCUT2D eigenvalue weighted by atomic mass is 16.2. The van der Waals surface area contributed by atoms with E-state index in [4.69, 9.17) is 0 Å². The lowest BCUT2D eigenvalue weighted by Gasteiger charge is -2.39. The SMILES string of the molecule is CCCCNC(=O)C1CCC(C)N(C(=O)CC2CC3CCC(C2)N3)C1. The van der Waals surface area contributed by atoms with Gasteiger partial charge in [-0.1, -0.05) is 13.3 Å². The second kappa shape index (κ2) is 8.52. The molecule has 142 valence electrons. The van der Waals surface area contributed by atoms with Gasteiger partial charge in [-0.05, 0) is 57.8 Å². The van der Waals surface area contributed by atoms with Gasteiger partial charge in [0.1, 0.15) is 0 Å². The zero-order valence-corrected chi connectivity index (χ0v) is 15.9. The van der Waals surface area contributed by atoms with E-state index in [0.29, 0.717) is 31.0 Å². The first-order valence-electron chi connectivity index (χ1n) is 10.4. The fraction of sp³-hybridized carbons (Fsp3) is 0.900. The van der Waals surface area contributed by atoms with E-state index in [1.54, 1.807) is 0 Å². The quantitative estimate of drug-likeness (QED) is 0.724. The van der Waals surface area contributed by atoms with Gasteiger partial charge < -0.3 is 15.5 Å². The number of carbonyl (C=O) groups excluding carboxylic acids is 2. The third-order valence-electron chi connectivity index (χ3n) is 6.44. The number of carbonyl (C=O) groups is 2. The van der Waals surface area contributed by atoms with Gasteiger partial charge in [-0.15, -0.1) is 0 Å². The van der Waals surface area contributed by atoms with Crippen LogP contribution in [0.1, 0.15) is 71.6 Å². The van der Waals surface area contributed by atoms with Crippen molar-refractivity contribution in [1.82, 2.24) is 15.5 Å². The summed E-state index contributed by atoms with van der Waals surface area (Å²) in [6.45, 7) is 5.63. The van der Waals surface area contributed by atoms with E-state index in [-0.39, 0.29) is 23.8 Å². The molecule has 3 aliphatic rings. The highest BCUT2D eigenvalue weighted by Gasteiger charge is 2.37. The number of piperidine rings is 2. The van der Waals surface area contributed by atoms with E-state index >= 15 is 0 Å². The second-order valence-electron chi connectivity index (χ2n) is 8.49. The Morgan fingerprint density at radius 3 is 2.52 bits per heavy atom. The van der Waals surface area contributed by atoms with E-state index in [2.05, 4.69) is 24.5 Å². The summed E-state index contributed by atoms with van der Waals surface area (Å²) in [5.74, 6) is 0.904. The molecule has 3 saturated heterocycles. The van der Waals surface area contributed by atoms with Crippen molar-refractivity contribution in [2.24, 2.45) is 11.8 Å². The van der Waals surface area contributed by atoms with Crippen molar-refractivity contribution >= 4 is 11.8 Å². The molecule has 0 aliphatic carbocycles. The number of rotatable bonds is 6. The molecule has 0 radical (unpaired) electrons. The van der Waals surface area contributed by atoms with Crippen molar-refractivity contribution < 1.29 is 9.59 Å². The number of nitrogens with zero attached hydrogens (tertiary/aromatic N) is 1. The number of nitrogens with one attached hydrogen (secondary N) is 2. The summed E-state index contributed by atoms with van der Waals surface area (Å²) in [5, 5.41) is 6.69. The highest BCUT2D eigenvalue weighted by Crippen LogP contribution is 2.33. The van der Waals surface area contributed by atoms with Crippen molar-refractivity contribution in [3.05, 3.63) is 0 Å². The van der Waals surface area contributed by atoms with Crippen LogP contribution in [0.2, 0.25) is 0 Å². The summed E-state index contributed by atoms with van der Waals surface area (Å²) in [6, 6.07) is 1.53. The zero-order valence-electron chi connectivity index (χ0n) is 15.9. The Morgan fingerprint density at radius 2 is 1.84 bits per heavy atom. The van der Waals surface area contributed by atoms with Crippen molar-refractivity contribution in [1.29, 1.82) is 0 Å². The molecule has 2 N–H and O–H groups in total. The number of amides is 2. The molecule has 3 rings (SSSR count). The van der Waals surface area contributed by atoms with Gasteiger partial charge in [0.15, 0.2) is 0 Å². The lowest BCUT2D eigenvalue weighted by molar-refractivity contribution is -0.139. The van der Waals surface area contributed by atoms with E-state index in [0.717, 1.165) is 45.1 Å². The summed E-state index contributed by atoms with van der Waals surface area (Å²) >= 11 is 0. The highest BCUT2D eigenvalue weighted by molar-refractivity contribution is 5.81. The van der Waals surface area contributed by atoms with E-state index in [9.17, 15) is 9.59 Å². The molecule has 3 heterocycles. The molecule has 0 aromatic heterocycles. The number of hydrogen-bond donors (Lipinski definition) is 2. The zero-order chi connectivity index (χ0) is 17.8. The summed E-state index contributed by atoms with van der Waals surface area (Å²) in [5.41, 5.74) is 0. The molecule has 0 aromatic carbocycles. The minimum absolute atomic E-state index is 0.0267. The standard InChI is InChI=1S/C20H35N3O2/c1-3-4-9-21-20(25)16-6-5-14(2)23(13-16)19(24)12-15-10-17-7-8-18(11-15)22-17/h14-18,22H,3-13H2,1-2H3,(H,21,25). The van der Waals surface area contributed by atoms with Crippen LogP contribution in [0.4, 0.5) is 0 Å². The summed E-state index contributed by atoms with van der Waals surface area (Å²) in [7, 11) is 0. The van der Waals surface area contributed by atoms with Crippen LogP contribution in [0.3, 0.4) is 0 Å². The van der Waals surface area contributed by atoms with Gasteiger partial charge in [0, 0.05) is 37.6 Å². The predicted octanol–water partition coefficient (Wildman–Crippen LogP) is 2.45. The Morgan fingerprint density at radius 1 is 1.12 bits per heavy atom. The normalized spacial score (nSPS) is 34.8. The Bertz CT molecular complexity index is 470. The van der Waals surface area contributed by atoms with Crippen LogP contribution in [0.15, 0.2) is 0 Å². The van der Waals surface area contributed by atoms with Gasteiger partial charge in [0.2, 0.25) is 11.8 Å². The molecule has 2 bridgehead atoms. The van der Waals surface area contributed by atoms with Gasteiger partial charge in [0.25, 0.3) is 0 Å². The maximum absolute atomic E-state index is 12.9. The molecular weight excluding hydrogens is 314 g/mol. The molecule has 5 heteroatoms. The van der Waals surface area contributed by atoms with E-state index in [1.807, 2.05) is 4.90 Å². The number of fused-ring (bicyclic) bond motifs is 2. The van der Waals surface area contributed by atoms with Gasteiger partial charge in [-0.3, -0.25) is 9.59 Å². The monoisotopic (exact) mass is 349 g/mol. The number of likely N-dealkylation sites (tertiary alicyclic amines) is 1. The minimum atomic E-state index is -0.0267. The molecule has 0 aromatic rings. The number of unbranched alkanes of at least 4 members (excludes halogenated alkanes) is 1. The maximum atomic E-state index is 12.9. The molecule has 5 nitrogen and oxygen atoms in total. The Hall–Kier alpha value is -1.10. The molecule has 3 fully saturated rings. The molecule has 0 spiro atoms. The first kappa shape index (κ1) is 18.7. The average Bonchev–Trinajstić information content (AvgIpc) is 2.93. The fourth-order valence-electron chi connectivity index (χ4n) is 4.91. The molecule has 4 atom stereocenters. The molecule has 4 unspecified atom stereocenters. The van der Waals surface area contributed by atoms with Crippen molar-refractivity contribution in [3.8, 4) is 0 Å². The van der Waals surface area contributed by atoms with Gasteiger partial charge in [-0.2, -0.15) is 0 Å². The molecule has 2 amide bonds. The minimum Gasteiger partial charge on any atom is -0.356 e. The predicted molar refractivity (Wildman–Crippen MR) is 99.1 cm³/mol. The summed E-state index contributed by atoms with van der Waals surface area (Å²) in [4.78, 5) is 27.3. The van der Waals surface area contributed by atoms with Crippen LogP contribution in [0, 0.1) is 11.8 Å². The number of hydrogen-bond acceptors (Lipinski definition) is 3. The smallest absolute Gasteiger partial charge is 0.224 e.